The first-order valence-corrected chi connectivity index (χ1v) is 8.53. The first-order valence-electron chi connectivity index (χ1n) is 8.53. The molecule has 0 spiro atoms. The van der Waals surface area contributed by atoms with Gasteiger partial charge >= 0.3 is 0 Å². The van der Waals surface area contributed by atoms with Gasteiger partial charge in [-0.2, -0.15) is 5.26 Å². The Hall–Kier alpha value is -2.88. The third kappa shape index (κ3) is 4.35. The van der Waals surface area contributed by atoms with Crippen LogP contribution in [0.5, 0.6) is 0 Å². The van der Waals surface area contributed by atoms with E-state index >= 15 is 0 Å². The molecule has 1 N–H and O–H groups in total. The highest BCUT2D eigenvalue weighted by Gasteiger charge is 2.18. The van der Waals surface area contributed by atoms with Crippen molar-refractivity contribution in [1.29, 1.82) is 5.26 Å². The fourth-order valence-corrected chi connectivity index (χ4v) is 2.98. The Bertz CT molecular complexity index is 719. The van der Waals surface area contributed by atoms with Crippen LogP contribution in [-0.4, -0.2) is 48.2 Å². The lowest BCUT2D eigenvalue weighted by molar-refractivity contribution is 0.639. The molecule has 1 atom stereocenters. The molecule has 25 heavy (non-hydrogen) atoms. The molecule has 1 aliphatic rings. The van der Waals surface area contributed by atoms with E-state index in [4.69, 9.17) is 5.26 Å². The molecule has 1 aliphatic heterocycles. The Balaban J connectivity index is 1.58. The summed E-state index contributed by atoms with van der Waals surface area (Å²) in [7, 11) is 3.97. The zero-order chi connectivity index (χ0) is 17.6. The summed E-state index contributed by atoms with van der Waals surface area (Å²) >= 11 is 0. The summed E-state index contributed by atoms with van der Waals surface area (Å²) in [5.74, 6) is 1.80. The third-order valence-electron chi connectivity index (χ3n) is 4.38. The van der Waals surface area contributed by atoms with Crippen LogP contribution in [-0.2, 0) is 0 Å². The minimum absolute atomic E-state index is 0.354. The van der Waals surface area contributed by atoms with E-state index < -0.39 is 0 Å². The van der Waals surface area contributed by atoms with E-state index in [1.165, 1.54) is 6.20 Å². The highest BCUT2D eigenvalue weighted by atomic mass is 15.2. The van der Waals surface area contributed by atoms with Crippen LogP contribution >= 0.6 is 0 Å². The Kier molecular flexibility index (Phi) is 5.29. The van der Waals surface area contributed by atoms with E-state index in [1.54, 1.807) is 6.20 Å². The van der Waals surface area contributed by atoms with Gasteiger partial charge < -0.3 is 15.1 Å². The molecule has 3 rings (SSSR count). The summed E-state index contributed by atoms with van der Waals surface area (Å²) in [4.78, 5) is 17.2. The first-order chi connectivity index (χ1) is 12.2. The zero-order valence-corrected chi connectivity index (χ0v) is 14.7. The Morgan fingerprint density at radius 2 is 2.00 bits per heavy atom. The van der Waals surface area contributed by atoms with Gasteiger partial charge in [-0.1, -0.05) is 0 Å². The van der Waals surface area contributed by atoms with Gasteiger partial charge in [-0.25, -0.2) is 15.0 Å². The molecule has 1 saturated heterocycles. The number of nitrogens with zero attached hydrogens (tertiary/aromatic N) is 6. The molecule has 0 bridgehead atoms. The lowest BCUT2D eigenvalue weighted by atomic mass is 10.1. The molecule has 0 amide bonds. The van der Waals surface area contributed by atoms with E-state index in [9.17, 15) is 0 Å². The SMILES string of the molecule is CN(C)c1ccc(NC2CCCN(c3cnc(C#N)cn3)CC2)cn1. The summed E-state index contributed by atoms with van der Waals surface area (Å²) < 4.78 is 0. The number of hydrogen-bond donors (Lipinski definition) is 1. The molecule has 0 aromatic carbocycles. The topological polar surface area (TPSA) is 81.0 Å². The lowest BCUT2D eigenvalue weighted by Gasteiger charge is -2.21. The normalized spacial score (nSPS) is 17.5. The smallest absolute Gasteiger partial charge is 0.158 e. The van der Waals surface area contributed by atoms with Crippen molar-refractivity contribution in [1.82, 2.24) is 15.0 Å². The molecule has 0 radical (unpaired) electrons. The van der Waals surface area contributed by atoms with Crippen LogP contribution in [0, 0.1) is 11.3 Å². The lowest BCUT2D eigenvalue weighted by Crippen LogP contribution is -2.27. The number of hydrogen-bond acceptors (Lipinski definition) is 7. The average Bonchev–Trinajstić information content (AvgIpc) is 2.88. The summed E-state index contributed by atoms with van der Waals surface area (Å²) in [6.45, 7) is 1.87. The van der Waals surface area contributed by atoms with E-state index in [1.807, 2.05) is 37.3 Å². The van der Waals surface area contributed by atoms with Gasteiger partial charge in [0.15, 0.2) is 5.69 Å². The summed E-state index contributed by atoms with van der Waals surface area (Å²) in [6.07, 6.45) is 8.34. The largest absolute Gasteiger partial charge is 0.381 e. The molecule has 7 nitrogen and oxygen atoms in total. The van der Waals surface area contributed by atoms with Crippen molar-refractivity contribution in [3.8, 4) is 6.07 Å². The second-order valence-corrected chi connectivity index (χ2v) is 6.43. The summed E-state index contributed by atoms with van der Waals surface area (Å²) in [5, 5.41) is 12.4. The van der Waals surface area contributed by atoms with Crippen molar-refractivity contribution in [3.05, 3.63) is 36.4 Å². The predicted molar refractivity (Wildman–Crippen MR) is 98.8 cm³/mol. The minimum Gasteiger partial charge on any atom is -0.381 e. The second kappa shape index (κ2) is 7.79. The summed E-state index contributed by atoms with van der Waals surface area (Å²) in [5.41, 5.74) is 1.41. The monoisotopic (exact) mass is 337 g/mol. The molecule has 2 aromatic heterocycles. The van der Waals surface area contributed by atoms with Gasteiger partial charge in [0, 0.05) is 33.2 Å². The quantitative estimate of drug-likeness (QED) is 0.916. The Labute approximate surface area is 148 Å². The second-order valence-electron chi connectivity index (χ2n) is 6.43. The zero-order valence-electron chi connectivity index (χ0n) is 14.7. The maximum Gasteiger partial charge on any atom is 0.158 e. The van der Waals surface area contributed by atoms with E-state index in [2.05, 4.69) is 31.2 Å². The van der Waals surface area contributed by atoms with Crippen LogP contribution in [0.15, 0.2) is 30.7 Å². The number of rotatable bonds is 4. The Morgan fingerprint density at radius 3 is 2.64 bits per heavy atom. The molecule has 3 heterocycles. The standard InChI is InChI=1S/C18H23N7/c1-24(2)17-6-5-15(11-21-17)23-14-4-3-8-25(9-7-14)18-13-20-16(10-19)12-22-18/h5-6,11-14,23H,3-4,7-9H2,1-2H3. The van der Waals surface area contributed by atoms with E-state index in [0.29, 0.717) is 11.7 Å². The van der Waals surface area contributed by atoms with Crippen LogP contribution in [0.25, 0.3) is 0 Å². The van der Waals surface area contributed by atoms with Crippen molar-refractivity contribution in [3.63, 3.8) is 0 Å². The molecule has 0 saturated carbocycles. The van der Waals surface area contributed by atoms with E-state index in [0.717, 1.165) is 49.7 Å². The van der Waals surface area contributed by atoms with Crippen molar-refractivity contribution in [2.45, 2.75) is 25.3 Å². The maximum absolute atomic E-state index is 8.82. The number of nitriles is 1. The van der Waals surface area contributed by atoms with Gasteiger partial charge in [0.1, 0.15) is 17.7 Å². The fourth-order valence-electron chi connectivity index (χ4n) is 2.98. The molecule has 130 valence electrons. The minimum atomic E-state index is 0.354. The average molecular weight is 337 g/mol. The molecule has 1 fully saturated rings. The molecule has 2 aromatic rings. The van der Waals surface area contributed by atoms with Crippen LogP contribution < -0.4 is 15.1 Å². The van der Waals surface area contributed by atoms with Crippen molar-refractivity contribution < 1.29 is 0 Å². The number of aromatic nitrogens is 3. The van der Waals surface area contributed by atoms with Gasteiger partial charge in [0.2, 0.25) is 0 Å². The number of pyridine rings is 1. The molecule has 1 unspecified atom stereocenters. The predicted octanol–water partition coefficient (Wildman–Crippen LogP) is 2.28. The third-order valence-corrected chi connectivity index (χ3v) is 4.38. The molecule has 0 aliphatic carbocycles. The van der Waals surface area contributed by atoms with Gasteiger partial charge in [-0.3, -0.25) is 0 Å². The molecule has 7 heteroatoms. The highest BCUT2D eigenvalue weighted by molar-refractivity contribution is 5.48. The fraction of sp³-hybridized carbons (Fsp3) is 0.444. The van der Waals surface area contributed by atoms with Crippen molar-refractivity contribution >= 4 is 17.3 Å². The van der Waals surface area contributed by atoms with Crippen LogP contribution in [0.2, 0.25) is 0 Å². The highest BCUT2D eigenvalue weighted by Crippen LogP contribution is 2.20. The van der Waals surface area contributed by atoms with E-state index in [-0.39, 0.29) is 0 Å². The van der Waals surface area contributed by atoms with Gasteiger partial charge in [-0.05, 0) is 31.4 Å². The maximum atomic E-state index is 8.82. The van der Waals surface area contributed by atoms with Gasteiger partial charge in [0.25, 0.3) is 0 Å². The van der Waals surface area contributed by atoms with Crippen LogP contribution in [0.1, 0.15) is 25.0 Å². The van der Waals surface area contributed by atoms with Crippen molar-refractivity contribution in [2.75, 3.05) is 42.3 Å². The Morgan fingerprint density at radius 1 is 1.12 bits per heavy atom. The van der Waals surface area contributed by atoms with Gasteiger partial charge in [0.05, 0.1) is 24.3 Å². The van der Waals surface area contributed by atoms with Crippen LogP contribution in [0.3, 0.4) is 0 Å². The van der Waals surface area contributed by atoms with Gasteiger partial charge in [-0.15, -0.1) is 0 Å². The van der Waals surface area contributed by atoms with Crippen LogP contribution in [0.4, 0.5) is 17.3 Å². The summed E-state index contributed by atoms with van der Waals surface area (Å²) in [6, 6.07) is 6.53. The molecular formula is C18H23N7. The number of nitrogens with one attached hydrogen (secondary N) is 1. The number of anilines is 3. The molecular weight excluding hydrogens is 314 g/mol. The van der Waals surface area contributed by atoms with Crippen molar-refractivity contribution in [2.24, 2.45) is 0 Å². The first kappa shape index (κ1) is 17.0.